The quantitative estimate of drug-likeness (QED) is 0.807. The number of aromatic nitrogens is 1. The molecule has 0 saturated carbocycles. The second-order valence-electron chi connectivity index (χ2n) is 3.95. The van der Waals surface area contributed by atoms with Crippen molar-refractivity contribution in [2.75, 3.05) is 0 Å². The number of hydrogen-bond donors (Lipinski definition) is 1. The maximum absolute atomic E-state index is 5.54. The monoisotopic (exact) mass is 232 g/mol. The Hall–Kier alpha value is -1.55. The number of para-hydroxylation sites is 2. The highest BCUT2D eigenvalue weighted by Gasteiger charge is 2.13. The van der Waals surface area contributed by atoms with Crippen LogP contribution in [0.5, 0.6) is 0 Å². The van der Waals surface area contributed by atoms with E-state index in [1.54, 1.807) is 0 Å². The lowest BCUT2D eigenvalue weighted by Gasteiger charge is -2.11. The van der Waals surface area contributed by atoms with E-state index in [2.05, 4.69) is 16.0 Å². The molecule has 1 aromatic carbocycles. The Morgan fingerprint density at radius 2 is 2.31 bits per heavy atom. The van der Waals surface area contributed by atoms with E-state index in [0.717, 1.165) is 24.1 Å². The summed E-state index contributed by atoms with van der Waals surface area (Å²) in [6, 6.07) is 8.37. The highest BCUT2D eigenvalue weighted by atomic mass is 32.1. The van der Waals surface area contributed by atoms with Gasteiger partial charge in [-0.15, -0.1) is 0 Å². The van der Waals surface area contributed by atoms with Gasteiger partial charge in [0, 0.05) is 12.6 Å². The van der Waals surface area contributed by atoms with Crippen molar-refractivity contribution in [1.29, 1.82) is 0 Å². The molecular formula is C12H12N2OS. The lowest BCUT2D eigenvalue weighted by Crippen LogP contribution is -2.25. The first-order valence-electron chi connectivity index (χ1n) is 5.34. The molecule has 0 radical (unpaired) electrons. The number of nitrogens with one attached hydrogen (secondary N) is 1. The Labute approximate surface area is 98.4 Å². The molecule has 1 aliphatic rings. The van der Waals surface area contributed by atoms with Gasteiger partial charge >= 0.3 is 0 Å². The molecule has 1 unspecified atom stereocenters. The summed E-state index contributed by atoms with van der Waals surface area (Å²) in [5.74, 6) is 0. The van der Waals surface area contributed by atoms with Gasteiger partial charge in [-0.05, 0) is 37.0 Å². The van der Waals surface area contributed by atoms with Gasteiger partial charge in [0.2, 0.25) is 0 Å². The molecule has 1 atom stereocenters. The van der Waals surface area contributed by atoms with Gasteiger partial charge < -0.3 is 9.73 Å². The summed E-state index contributed by atoms with van der Waals surface area (Å²) in [7, 11) is 0. The van der Waals surface area contributed by atoms with Gasteiger partial charge in [-0.25, -0.2) is 0 Å². The Balaban J connectivity index is 2.02. The molecular weight excluding hydrogens is 220 g/mol. The number of fused-ring (bicyclic) bond motifs is 1. The number of oxazole rings is 1. The fourth-order valence-corrected chi connectivity index (χ4v) is 2.30. The summed E-state index contributed by atoms with van der Waals surface area (Å²) in [5, 5.41) is 3.30. The normalized spacial score (nSPS) is 19.1. The van der Waals surface area contributed by atoms with Gasteiger partial charge in [-0.3, -0.25) is 4.57 Å². The summed E-state index contributed by atoms with van der Waals surface area (Å²) in [4.78, 5) is 0.551. The number of hydrogen-bond acceptors (Lipinski definition) is 3. The minimum absolute atomic E-state index is 0.424. The molecule has 1 N–H and O–H groups in total. The molecule has 2 heterocycles. The zero-order valence-corrected chi connectivity index (χ0v) is 9.54. The summed E-state index contributed by atoms with van der Waals surface area (Å²) < 4.78 is 7.59. The molecule has 0 saturated heterocycles. The molecule has 1 aliphatic heterocycles. The molecule has 16 heavy (non-hydrogen) atoms. The van der Waals surface area contributed by atoms with Crippen molar-refractivity contribution >= 4 is 23.3 Å². The van der Waals surface area contributed by atoms with E-state index in [9.17, 15) is 0 Å². The van der Waals surface area contributed by atoms with E-state index in [0.29, 0.717) is 10.9 Å². The van der Waals surface area contributed by atoms with Crippen molar-refractivity contribution < 1.29 is 4.42 Å². The van der Waals surface area contributed by atoms with E-state index < -0.39 is 0 Å². The highest BCUT2D eigenvalue weighted by Crippen LogP contribution is 2.18. The van der Waals surface area contributed by atoms with Crippen LogP contribution in [0.25, 0.3) is 11.1 Å². The fourth-order valence-electron chi connectivity index (χ4n) is 2.04. The molecule has 82 valence electrons. The van der Waals surface area contributed by atoms with E-state index in [1.165, 1.54) is 0 Å². The predicted octanol–water partition coefficient (Wildman–Crippen LogP) is 2.84. The third kappa shape index (κ3) is 1.55. The van der Waals surface area contributed by atoms with Crippen molar-refractivity contribution in [3.8, 4) is 0 Å². The molecule has 2 aromatic rings. The Morgan fingerprint density at radius 3 is 3.12 bits per heavy atom. The first-order chi connectivity index (χ1) is 7.84. The maximum Gasteiger partial charge on any atom is 0.269 e. The number of nitrogens with zero attached hydrogens (tertiary/aromatic N) is 1. The highest BCUT2D eigenvalue weighted by molar-refractivity contribution is 7.71. The van der Waals surface area contributed by atoms with E-state index in [1.807, 2.05) is 30.5 Å². The van der Waals surface area contributed by atoms with Crippen molar-refractivity contribution in [2.24, 2.45) is 0 Å². The lowest BCUT2D eigenvalue weighted by atomic mass is 10.2. The SMILES string of the molecule is S=c1oc2ccccc2n1CC1CC=CN1. The molecule has 3 rings (SSSR count). The van der Waals surface area contributed by atoms with E-state index in [-0.39, 0.29) is 0 Å². The molecule has 4 heteroatoms. The maximum atomic E-state index is 5.54. The molecule has 0 spiro atoms. The number of rotatable bonds is 2. The van der Waals surface area contributed by atoms with Crippen LogP contribution < -0.4 is 5.32 Å². The van der Waals surface area contributed by atoms with Crippen LogP contribution >= 0.6 is 12.2 Å². The van der Waals surface area contributed by atoms with Gasteiger partial charge in [-0.2, -0.15) is 0 Å². The standard InChI is InChI=1S/C12H12N2OS/c16-12-14(8-9-4-3-7-13-9)10-5-1-2-6-11(10)15-12/h1-3,5-7,9,13H,4,8H2. The minimum Gasteiger partial charge on any atom is -0.429 e. The van der Waals surface area contributed by atoms with Gasteiger partial charge in [0.1, 0.15) is 0 Å². The smallest absolute Gasteiger partial charge is 0.269 e. The van der Waals surface area contributed by atoms with Crippen molar-refractivity contribution in [3.63, 3.8) is 0 Å². The minimum atomic E-state index is 0.424. The summed E-state index contributed by atoms with van der Waals surface area (Å²) in [6.45, 7) is 0.850. The molecule has 0 bridgehead atoms. The Morgan fingerprint density at radius 1 is 1.44 bits per heavy atom. The Bertz CT molecular complexity index is 588. The average Bonchev–Trinajstić information content (AvgIpc) is 2.89. The fraction of sp³-hybridized carbons (Fsp3) is 0.250. The van der Waals surface area contributed by atoms with Crippen LogP contribution in [0, 0.1) is 4.84 Å². The first-order valence-corrected chi connectivity index (χ1v) is 5.75. The zero-order valence-electron chi connectivity index (χ0n) is 8.72. The summed E-state index contributed by atoms with van der Waals surface area (Å²) in [5.41, 5.74) is 1.93. The number of benzene rings is 1. The molecule has 0 fully saturated rings. The molecule has 3 nitrogen and oxygen atoms in total. The van der Waals surface area contributed by atoms with Crippen molar-refractivity contribution in [1.82, 2.24) is 9.88 Å². The van der Waals surface area contributed by atoms with Crippen molar-refractivity contribution in [3.05, 3.63) is 41.4 Å². The van der Waals surface area contributed by atoms with Crippen LogP contribution in [0.1, 0.15) is 6.42 Å². The second-order valence-corrected chi connectivity index (χ2v) is 4.30. The lowest BCUT2D eigenvalue weighted by molar-refractivity contribution is 0.481. The average molecular weight is 232 g/mol. The van der Waals surface area contributed by atoms with Crippen LogP contribution in [-0.2, 0) is 6.54 Å². The van der Waals surface area contributed by atoms with Gasteiger partial charge in [0.15, 0.2) is 5.58 Å². The zero-order chi connectivity index (χ0) is 11.0. The first kappa shape index (κ1) is 9.66. The topological polar surface area (TPSA) is 30.1 Å². The molecule has 0 amide bonds. The third-order valence-corrected chi connectivity index (χ3v) is 3.15. The van der Waals surface area contributed by atoms with Crippen LogP contribution in [0.2, 0.25) is 0 Å². The summed E-state index contributed by atoms with van der Waals surface area (Å²) in [6.07, 6.45) is 5.17. The van der Waals surface area contributed by atoms with Crippen LogP contribution in [0.15, 0.2) is 41.0 Å². The van der Waals surface area contributed by atoms with Crippen molar-refractivity contribution in [2.45, 2.75) is 19.0 Å². The van der Waals surface area contributed by atoms with Gasteiger partial charge in [0.05, 0.1) is 5.52 Å². The molecule has 0 aliphatic carbocycles. The predicted molar refractivity (Wildman–Crippen MR) is 65.7 cm³/mol. The largest absolute Gasteiger partial charge is 0.429 e. The van der Waals surface area contributed by atoms with Gasteiger partial charge in [-0.1, -0.05) is 18.2 Å². The van der Waals surface area contributed by atoms with Gasteiger partial charge in [0.25, 0.3) is 4.84 Å². The van der Waals surface area contributed by atoms with Crippen LogP contribution in [0.4, 0.5) is 0 Å². The second kappa shape index (κ2) is 3.79. The van der Waals surface area contributed by atoms with E-state index >= 15 is 0 Å². The van der Waals surface area contributed by atoms with Crippen LogP contribution in [0.3, 0.4) is 0 Å². The van der Waals surface area contributed by atoms with E-state index in [4.69, 9.17) is 16.6 Å². The van der Waals surface area contributed by atoms with Crippen LogP contribution in [-0.4, -0.2) is 10.6 Å². The third-order valence-electron chi connectivity index (χ3n) is 2.85. The Kier molecular flexibility index (Phi) is 2.29. The summed E-state index contributed by atoms with van der Waals surface area (Å²) >= 11 is 5.24. The molecule has 1 aromatic heterocycles.